The second-order valence-electron chi connectivity index (χ2n) is 3.71. The molecular formula is C10H16O5. The van der Waals surface area contributed by atoms with Gasteiger partial charge >= 0.3 is 11.9 Å². The van der Waals surface area contributed by atoms with Gasteiger partial charge in [0.05, 0.1) is 0 Å². The summed E-state index contributed by atoms with van der Waals surface area (Å²) in [7, 11) is 1.47. The first-order valence-electron chi connectivity index (χ1n) is 5.07. The van der Waals surface area contributed by atoms with Crippen LogP contribution in [0.25, 0.3) is 0 Å². The van der Waals surface area contributed by atoms with E-state index < -0.39 is 24.6 Å². The minimum absolute atomic E-state index is 0.216. The number of rotatable bonds is 5. The summed E-state index contributed by atoms with van der Waals surface area (Å²) in [5.74, 6) is -1.70. The van der Waals surface area contributed by atoms with E-state index >= 15 is 0 Å². The van der Waals surface area contributed by atoms with Gasteiger partial charge in [-0.25, -0.2) is 0 Å². The van der Waals surface area contributed by atoms with Gasteiger partial charge in [-0.05, 0) is 12.8 Å². The molecule has 1 aliphatic carbocycles. The summed E-state index contributed by atoms with van der Waals surface area (Å²) < 4.78 is 10.0. The van der Waals surface area contributed by atoms with Gasteiger partial charge in [-0.2, -0.15) is 0 Å². The van der Waals surface area contributed by atoms with Gasteiger partial charge in [0, 0.05) is 13.0 Å². The first kappa shape index (κ1) is 12.0. The average molecular weight is 216 g/mol. The van der Waals surface area contributed by atoms with Crippen molar-refractivity contribution in [1.29, 1.82) is 0 Å². The maximum absolute atomic E-state index is 11.1. The van der Waals surface area contributed by atoms with E-state index in [1.807, 2.05) is 0 Å². The van der Waals surface area contributed by atoms with Crippen LogP contribution in [0.3, 0.4) is 0 Å². The summed E-state index contributed by atoms with van der Waals surface area (Å²) in [6, 6.07) is 0. The SMILES string of the molecule is COC(OC(=O)CC(=O)O)C1CCCC1. The van der Waals surface area contributed by atoms with Crippen molar-refractivity contribution in [1.82, 2.24) is 0 Å². The highest BCUT2D eigenvalue weighted by molar-refractivity contribution is 5.90. The molecule has 0 bridgehead atoms. The van der Waals surface area contributed by atoms with Crippen molar-refractivity contribution in [2.24, 2.45) is 5.92 Å². The van der Waals surface area contributed by atoms with Crippen LogP contribution in [0.15, 0.2) is 0 Å². The lowest BCUT2D eigenvalue weighted by molar-refractivity contribution is -0.185. The van der Waals surface area contributed by atoms with Crippen molar-refractivity contribution in [3.63, 3.8) is 0 Å². The van der Waals surface area contributed by atoms with E-state index in [4.69, 9.17) is 14.6 Å². The minimum atomic E-state index is -1.18. The maximum Gasteiger partial charge on any atom is 0.319 e. The number of carbonyl (C=O) groups excluding carboxylic acids is 1. The van der Waals surface area contributed by atoms with Gasteiger partial charge in [-0.3, -0.25) is 9.59 Å². The van der Waals surface area contributed by atoms with Crippen molar-refractivity contribution in [3.8, 4) is 0 Å². The molecule has 0 aromatic rings. The molecule has 1 atom stereocenters. The Labute approximate surface area is 88.4 Å². The topological polar surface area (TPSA) is 72.8 Å². The van der Waals surface area contributed by atoms with Crippen molar-refractivity contribution in [2.75, 3.05) is 7.11 Å². The zero-order valence-electron chi connectivity index (χ0n) is 8.77. The third-order valence-corrected chi connectivity index (χ3v) is 2.56. The van der Waals surface area contributed by atoms with Crippen molar-refractivity contribution >= 4 is 11.9 Å². The third-order valence-electron chi connectivity index (χ3n) is 2.56. The van der Waals surface area contributed by atoms with Crippen LogP contribution < -0.4 is 0 Å². The lowest BCUT2D eigenvalue weighted by Gasteiger charge is -2.21. The molecule has 1 aliphatic rings. The van der Waals surface area contributed by atoms with Crippen LogP contribution in [0.2, 0.25) is 0 Å². The molecule has 1 rings (SSSR count). The number of carbonyl (C=O) groups is 2. The summed E-state index contributed by atoms with van der Waals surface area (Å²) in [5, 5.41) is 8.39. The van der Waals surface area contributed by atoms with Gasteiger partial charge in [0.2, 0.25) is 6.29 Å². The van der Waals surface area contributed by atoms with Crippen molar-refractivity contribution in [2.45, 2.75) is 38.4 Å². The van der Waals surface area contributed by atoms with Crippen LogP contribution in [-0.4, -0.2) is 30.4 Å². The van der Waals surface area contributed by atoms with Crippen LogP contribution in [0.4, 0.5) is 0 Å². The molecule has 0 saturated heterocycles. The minimum Gasteiger partial charge on any atom is -0.481 e. The lowest BCUT2D eigenvalue weighted by atomic mass is 10.1. The number of esters is 1. The van der Waals surface area contributed by atoms with E-state index in [1.165, 1.54) is 7.11 Å². The van der Waals surface area contributed by atoms with Gasteiger partial charge in [-0.1, -0.05) is 12.8 Å². The molecule has 15 heavy (non-hydrogen) atoms. The van der Waals surface area contributed by atoms with E-state index in [1.54, 1.807) is 0 Å². The zero-order valence-corrected chi connectivity index (χ0v) is 8.77. The first-order chi connectivity index (χ1) is 7.13. The highest BCUT2D eigenvalue weighted by Crippen LogP contribution is 2.29. The van der Waals surface area contributed by atoms with Crippen LogP contribution in [0.5, 0.6) is 0 Å². The molecule has 5 heteroatoms. The summed E-state index contributed by atoms with van der Waals surface area (Å²) >= 11 is 0. The molecule has 0 aliphatic heterocycles. The summed E-state index contributed by atoms with van der Waals surface area (Å²) in [4.78, 5) is 21.4. The number of hydrogen-bond donors (Lipinski definition) is 1. The fourth-order valence-electron chi connectivity index (χ4n) is 1.86. The fraction of sp³-hybridized carbons (Fsp3) is 0.800. The molecule has 0 aromatic carbocycles. The monoisotopic (exact) mass is 216 g/mol. The Kier molecular flexibility index (Phi) is 4.55. The predicted molar refractivity (Wildman–Crippen MR) is 51.1 cm³/mol. The molecule has 0 spiro atoms. The van der Waals surface area contributed by atoms with Gasteiger partial charge in [0.15, 0.2) is 0 Å². The average Bonchev–Trinajstić information content (AvgIpc) is 2.65. The Bertz CT molecular complexity index is 232. The molecule has 0 heterocycles. The van der Waals surface area contributed by atoms with Crippen LogP contribution >= 0.6 is 0 Å². The molecule has 86 valence electrons. The Morgan fingerprint density at radius 2 is 2.00 bits per heavy atom. The molecule has 0 amide bonds. The number of carboxylic acid groups (broad SMARTS) is 1. The molecule has 1 unspecified atom stereocenters. The number of methoxy groups -OCH3 is 1. The van der Waals surface area contributed by atoms with Crippen molar-refractivity contribution in [3.05, 3.63) is 0 Å². The number of hydrogen-bond acceptors (Lipinski definition) is 4. The van der Waals surface area contributed by atoms with E-state index in [9.17, 15) is 9.59 Å². The fourth-order valence-corrected chi connectivity index (χ4v) is 1.86. The Morgan fingerprint density at radius 3 is 2.47 bits per heavy atom. The van der Waals surface area contributed by atoms with Crippen molar-refractivity contribution < 1.29 is 24.2 Å². The van der Waals surface area contributed by atoms with E-state index in [-0.39, 0.29) is 5.92 Å². The van der Waals surface area contributed by atoms with Gasteiger partial charge in [0.25, 0.3) is 0 Å². The third kappa shape index (κ3) is 3.87. The predicted octanol–water partition coefficient (Wildman–Crippen LogP) is 1.17. The quantitative estimate of drug-likeness (QED) is 0.424. The molecule has 0 aromatic heterocycles. The Balaban J connectivity index is 2.38. The van der Waals surface area contributed by atoms with E-state index in [0.717, 1.165) is 25.7 Å². The van der Waals surface area contributed by atoms with Crippen LogP contribution in [0, 0.1) is 5.92 Å². The first-order valence-corrected chi connectivity index (χ1v) is 5.07. The molecule has 5 nitrogen and oxygen atoms in total. The zero-order chi connectivity index (χ0) is 11.3. The van der Waals surface area contributed by atoms with E-state index in [2.05, 4.69) is 0 Å². The molecular weight excluding hydrogens is 200 g/mol. The number of ether oxygens (including phenoxy) is 2. The normalized spacial score (nSPS) is 18.7. The molecule has 1 N–H and O–H groups in total. The standard InChI is InChI=1S/C10H16O5/c1-14-10(7-4-2-3-5-7)15-9(13)6-8(11)12/h7,10H,2-6H2,1H3,(H,11,12). The largest absolute Gasteiger partial charge is 0.481 e. The second kappa shape index (κ2) is 5.70. The smallest absolute Gasteiger partial charge is 0.319 e. The summed E-state index contributed by atoms with van der Waals surface area (Å²) in [5.41, 5.74) is 0. The summed E-state index contributed by atoms with van der Waals surface area (Å²) in [6.45, 7) is 0. The van der Waals surface area contributed by atoms with Gasteiger partial charge < -0.3 is 14.6 Å². The number of carboxylic acids is 1. The highest BCUT2D eigenvalue weighted by atomic mass is 16.7. The maximum atomic E-state index is 11.1. The van der Waals surface area contributed by atoms with Gasteiger partial charge in [0.1, 0.15) is 6.42 Å². The summed E-state index contributed by atoms with van der Waals surface area (Å²) in [6.07, 6.45) is 2.98. The Hall–Kier alpha value is -1.10. The molecule has 1 saturated carbocycles. The van der Waals surface area contributed by atoms with Gasteiger partial charge in [-0.15, -0.1) is 0 Å². The molecule has 1 fully saturated rings. The van der Waals surface area contributed by atoms with E-state index in [0.29, 0.717) is 0 Å². The highest BCUT2D eigenvalue weighted by Gasteiger charge is 2.28. The van der Waals surface area contributed by atoms with Crippen LogP contribution in [0.1, 0.15) is 32.1 Å². The Morgan fingerprint density at radius 1 is 1.40 bits per heavy atom. The van der Waals surface area contributed by atoms with Crippen LogP contribution in [-0.2, 0) is 19.1 Å². The lowest BCUT2D eigenvalue weighted by Crippen LogP contribution is -2.28. The molecule has 0 radical (unpaired) electrons. The number of aliphatic carboxylic acids is 1. The second-order valence-corrected chi connectivity index (χ2v) is 3.71.